The first kappa shape index (κ1) is 8.21. The molecule has 0 aromatic rings. The Labute approximate surface area is 55.5 Å². The number of rotatable bonds is 4. The van der Waals surface area contributed by atoms with Gasteiger partial charge in [0.1, 0.15) is 6.10 Å². The lowest BCUT2D eigenvalue weighted by molar-refractivity contribution is 0.197. The van der Waals surface area contributed by atoms with Crippen LogP contribution in [0, 0.1) is 0 Å². The van der Waals surface area contributed by atoms with Crippen molar-refractivity contribution in [3.05, 3.63) is 12.2 Å². The van der Waals surface area contributed by atoms with Crippen molar-refractivity contribution in [1.82, 2.24) is 0 Å². The van der Waals surface area contributed by atoms with Crippen molar-refractivity contribution in [2.45, 2.75) is 26.4 Å². The highest BCUT2D eigenvalue weighted by Crippen LogP contribution is 1.95. The van der Waals surface area contributed by atoms with Crippen LogP contribution in [0.15, 0.2) is 12.2 Å². The summed E-state index contributed by atoms with van der Waals surface area (Å²) in [6, 6.07) is 0. The lowest BCUT2D eigenvalue weighted by Gasteiger charge is -2.02. The summed E-state index contributed by atoms with van der Waals surface area (Å²) in [4.78, 5) is 9.61. The van der Waals surface area contributed by atoms with E-state index < -0.39 is 0 Å². The van der Waals surface area contributed by atoms with Gasteiger partial charge in [-0.05, 0) is 13.8 Å². The fourth-order valence-corrected chi connectivity index (χ4v) is 0.458. The lowest BCUT2D eigenvalue weighted by Crippen LogP contribution is -2.04. The summed E-state index contributed by atoms with van der Waals surface area (Å²) in [5, 5.41) is 0. The average molecular weight is 127 g/mol. The zero-order valence-corrected chi connectivity index (χ0v) is 5.76. The normalized spacial score (nSPS) is 13.6. The second-order valence-electron chi connectivity index (χ2n) is 1.82. The molecule has 2 nitrogen and oxygen atoms in total. The standard InChI is InChI=1S/C7H11O2/c1-3-4-5-7(2)9-6-8/h3-4,7H,5H2,1-2H3/b4-3+. The molecule has 51 valence electrons. The minimum Gasteiger partial charge on any atom is -0.454 e. The highest BCUT2D eigenvalue weighted by molar-refractivity contribution is 5.38. The Bertz CT molecular complexity index is 97.1. The van der Waals surface area contributed by atoms with Gasteiger partial charge in [-0.1, -0.05) is 12.2 Å². The van der Waals surface area contributed by atoms with Gasteiger partial charge in [0, 0.05) is 6.42 Å². The molecule has 0 amide bonds. The number of allylic oxidation sites excluding steroid dienone is 1. The van der Waals surface area contributed by atoms with Crippen LogP contribution in [0.1, 0.15) is 20.3 Å². The predicted molar refractivity (Wildman–Crippen MR) is 35.7 cm³/mol. The molecule has 1 atom stereocenters. The Kier molecular flexibility index (Phi) is 4.88. The van der Waals surface area contributed by atoms with Crippen LogP contribution in [-0.4, -0.2) is 12.6 Å². The lowest BCUT2D eigenvalue weighted by atomic mass is 10.3. The topological polar surface area (TPSA) is 26.3 Å². The fourth-order valence-electron chi connectivity index (χ4n) is 0.458. The third-order valence-electron chi connectivity index (χ3n) is 0.953. The quantitative estimate of drug-likeness (QED) is 0.534. The number of hydrogen-bond donors (Lipinski definition) is 0. The smallest absolute Gasteiger partial charge is 0.417 e. The number of carbonyl (C=O) groups excluding carboxylic acids is 1. The van der Waals surface area contributed by atoms with Crippen LogP contribution in [0.2, 0.25) is 0 Å². The zero-order valence-electron chi connectivity index (χ0n) is 5.76. The van der Waals surface area contributed by atoms with Crippen molar-refractivity contribution in [3.63, 3.8) is 0 Å². The Hall–Kier alpha value is -0.790. The van der Waals surface area contributed by atoms with Gasteiger partial charge in [-0.3, -0.25) is 0 Å². The third kappa shape index (κ3) is 5.07. The second-order valence-corrected chi connectivity index (χ2v) is 1.82. The average Bonchev–Trinajstić information content (AvgIpc) is 1.85. The van der Waals surface area contributed by atoms with Gasteiger partial charge in [0.2, 0.25) is 0 Å². The van der Waals surface area contributed by atoms with Crippen LogP contribution >= 0.6 is 0 Å². The molecule has 0 fully saturated rings. The maximum absolute atomic E-state index is 9.61. The molecule has 0 aromatic heterocycles. The Morgan fingerprint density at radius 1 is 1.78 bits per heavy atom. The van der Waals surface area contributed by atoms with E-state index in [1.54, 1.807) is 0 Å². The number of hydrogen-bond acceptors (Lipinski definition) is 2. The van der Waals surface area contributed by atoms with Gasteiger partial charge in [-0.2, -0.15) is 0 Å². The first-order valence-electron chi connectivity index (χ1n) is 2.95. The van der Waals surface area contributed by atoms with Crippen molar-refractivity contribution >= 4 is 6.47 Å². The molecule has 0 heterocycles. The van der Waals surface area contributed by atoms with Crippen molar-refractivity contribution in [2.24, 2.45) is 0 Å². The molecule has 2 heteroatoms. The third-order valence-corrected chi connectivity index (χ3v) is 0.953. The van der Waals surface area contributed by atoms with Gasteiger partial charge in [-0.15, -0.1) is 0 Å². The molecule has 0 saturated carbocycles. The van der Waals surface area contributed by atoms with E-state index in [2.05, 4.69) is 4.74 Å². The molecule has 0 rings (SSSR count). The molecule has 1 radical (unpaired) electrons. The second kappa shape index (κ2) is 5.35. The van der Waals surface area contributed by atoms with Crippen molar-refractivity contribution < 1.29 is 9.53 Å². The SMILES string of the molecule is C/C=C/CC(C)O[C]=O. The molecule has 0 aliphatic carbocycles. The Balaban J connectivity index is 3.25. The highest BCUT2D eigenvalue weighted by atomic mass is 16.5. The molecule has 0 bridgehead atoms. The van der Waals surface area contributed by atoms with E-state index in [-0.39, 0.29) is 6.10 Å². The number of ether oxygens (including phenoxy) is 1. The van der Waals surface area contributed by atoms with Gasteiger partial charge >= 0.3 is 6.47 Å². The fraction of sp³-hybridized carbons (Fsp3) is 0.571. The first-order chi connectivity index (χ1) is 4.31. The Morgan fingerprint density at radius 3 is 2.89 bits per heavy atom. The maximum Gasteiger partial charge on any atom is 0.417 e. The molecular formula is C7H11O2. The molecule has 0 N–H and O–H groups in total. The molecule has 1 unspecified atom stereocenters. The minimum absolute atomic E-state index is 0.0429. The minimum atomic E-state index is -0.0429. The summed E-state index contributed by atoms with van der Waals surface area (Å²) in [6.07, 6.45) is 4.59. The van der Waals surface area contributed by atoms with Gasteiger partial charge in [0.15, 0.2) is 0 Å². The van der Waals surface area contributed by atoms with E-state index in [9.17, 15) is 4.79 Å². The molecule has 0 spiro atoms. The summed E-state index contributed by atoms with van der Waals surface area (Å²) in [5.41, 5.74) is 0. The van der Waals surface area contributed by atoms with E-state index in [0.29, 0.717) is 0 Å². The highest BCUT2D eigenvalue weighted by Gasteiger charge is 1.95. The van der Waals surface area contributed by atoms with Crippen molar-refractivity contribution in [1.29, 1.82) is 0 Å². The predicted octanol–water partition coefficient (Wildman–Crippen LogP) is 1.42. The van der Waals surface area contributed by atoms with Crippen molar-refractivity contribution in [3.8, 4) is 0 Å². The van der Waals surface area contributed by atoms with E-state index >= 15 is 0 Å². The van der Waals surface area contributed by atoms with Gasteiger partial charge in [0.05, 0.1) is 0 Å². The summed E-state index contributed by atoms with van der Waals surface area (Å²) in [5.74, 6) is 0. The van der Waals surface area contributed by atoms with E-state index in [1.165, 1.54) is 6.47 Å². The molecular weight excluding hydrogens is 116 g/mol. The van der Waals surface area contributed by atoms with Gasteiger partial charge < -0.3 is 4.74 Å². The van der Waals surface area contributed by atoms with Gasteiger partial charge in [0.25, 0.3) is 0 Å². The van der Waals surface area contributed by atoms with Crippen LogP contribution in [0.3, 0.4) is 0 Å². The van der Waals surface area contributed by atoms with Crippen molar-refractivity contribution in [2.75, 3.05) is 0 Å². The van der Waals surface area contributed by atoms with Crippen LogP contribution in [-0.2, 0) is 9.53 Å². The summed E-state index contributed by atoms with van der Waals surface area (Å²) in [7, 11) is 0. The van der Waals surface area contributed by atoms with E-state index in [4.69, 9.17) is 0 Å². The Morgan fingerprint density at radius 2 is 2.44 bits per heavy atom. The molecule has 0 saturated heterocycles. The molecule has 0 aromatic carbocycles. The van der Waals surface area contributed by atoms with Crippen LogP contribution in [0.5, 0.6) is 0 Å². The summed E-state index contributed by atoms with van der Waals surface area (Å²) < 4.78 is 4.49. The van der Waals surface area contributed by atoms with Crippen LogP contribution in [0.4, 0.5) is 0 Å². The molecule has 0 aliphatic rings. The summed E-state index contributed by atoms with van der Waals surface area (Å²) in [6.45, 7) is 5.14. The molecule has 9 heavy (non-hydrogen) atoms. The monoisotopic (exact) mass is 127 g/mol. The maximum atomic E-state index is 9.61. The zero-order chi connectivity index (χ0) is 7.11. The van der Waals surface area contributed by atoms with Gasteiger partial charge in [-0.25, -0.2) is 4.79 Å². The van der Waals surface area contributed by atoms with Crippen LogP contribution in [0.25, 0.3) is 0 Å². The molecule has 0 aliphatic heterocycles. The summed E-state index contributed by atoms with van der Waals surface area (Å²) >= 11 is 0. The van der Waals surface area contributed by atoms with E-state index in [0.717, 1.165) is 6.42 Å². The largest absolute Gasteiger partial charge is 0.454 e. The first-order valence-corrected chi connectivity index (χ1v) is 2.95. The van der Waals surface area contributed by atoms with E-state index in [1.807, 2.05) is 26.0 Å². The van der Waals surface area contributed by atoms with Crippen LogP contribution < -0.4 is 0 Å².